The van der Waals surface area contributed by atoms with E-state index in [1.165, 1.54) is 50.7 Å². The van der Waals surface area contributed by atoms with Crippen molar-refractivity contribution in [2.45, 2.75) is 52.4 Å². The first-order valence-electron chi connectivity index (χ1n) is 10.6. The standard InChI is InChI=1S/C25H31FN2/c1-3-7-19(2)21-12-14-23(15-13-21)25(22-8-5-4-6-9-22)28-27-18-20-10-16-24(26)17-11-20/h4-6,8-11,16-19,21,23H,3,7,12-15H2,1-2H3/t19?,21-,23-. The molecule has 0 N–H and O–H groups in total. The zero-order valence-corrected chi connectivity index (χ0v) is 17.0. The summed E-state index contributed by atoms with van der Waals surface area (Å²) in [5.74, 6) is 1.88. The Morgan fingerprint density at radius 3 is 2.36 bits per heavy atom. The second kappa shape index (κ2) is 10.3. The largest absolute Gasteiger partial charge is 0.207 e. The van der Waals surface area contributed by atoms with Crippen molar-refractivity contribution in [1.82, 2.24) is 0 Å². The van der Waals surface area contributed by atoms with Gasteiger partial charge in [-0.25, -0.2) is 4.39 Å². The second-order valence-corrected chi connectivity index (χ2v) is 8.03. The van der Waals surface area contributed by atoms with Gasteiger partial charge < -0.3 is 0 Å². The van der Waals surface area contributed by atoms with E-state index in [4.69, 9.17) is 0 Å². The summed E-state index contributed by atoms with van der Waals surface area (Å²) >= 11 is 0. The van der Waals surface area contributed by atoms with Gasteiger partial charge in [0.2, 0.25) is 0 Å². The first-order valence-corrected chi connectivity index (χ1v) is 10.6. The summed E-state index contributed by atoms with van der Waals surface area (Å²) in [7, 11) is 0. The minimum absolute atomic E-state index is 0.236. The molecule has 3 heteroatoms. The average molecular weight is 379 g/mol. The highest BCUT2D eigenvalue weighted by molar-refractivity contribution is 6.02. The maximum absolute atomic E-state index is 13.1. The molecule has 0 spiro atoms. The molecule has 0 aliphatic heterocycles. The summed E-state index contributed by atoms with van der Waals surface area (Å²) in [4.78, 5) is 0. The lowest BCUT2D eigenvalue weighted by Crippen LogP contribution is -2.25. The molecular formula is C25H31FN2. The van der Waals surface area contributed by atoms with E-state index < -0.39 is 0 Å². The van der Waals surface area contributed by atoms with Gasteiger partial charge in [-0.1, -0.05) is 69.2 Å². The van der Waals surface area contributed by atoms with Crippen molar-refractivity contribution < 1.29 is 4.39 Å². The van der Waals surface area contributed by atoms with Crippen LogP contribution < -0.4 is 0 Å². The van der Waals surface area contributed by atoms with Crippen LogP contribution in [0.25, 0.3) is 0 Å². The van der Waals surface area contributed by atoms with Gasteiger partial charge in [0.1, 0.15) is 5.82 Å². The molecule has 3 rings (SSSR count). The van der Waals surface area contributed by atoms with Gasteiger partial charge in [0, 0.05) is 5.92 Å². The van der Waals surface area contributed by atoms with Crippen molar-refractivity contribution in [1.29, 1.82) is 0 Å². The van der Waals surface area contributed by atoms with Crippen LogP contribution in [0.1, 0.15) is 63.5 Å². The lowest BCUT2D eigenvalue weighted by molar-refractivity contribution is 0.232. The van der Waals surface area contributed by atoms with Gasteiger partial charge in [-0.3, -0.25) is 0 Å². The molecule has 2 nitrogen and oxygen atoms in total. The van der Waals surface area contributed by atoms with Gasteiger partial charge in [-0.15, -0.1) is 0 Å². The number of benzene rings is 2. The van der Waals surface area contributed by atoms with Crippen LogP contribution in [0.15, 0.2) is 64.8 Å². The maximum atomic E-state index is 13.1. The van der Waals surface area contributed by atoms with Crippen LogP contribution in [0.2, 0.25) is 0 Å². The van der Waals surface area contributed by atoms with E-state index in [9.17, 15) is 4.39 Å². The molecule has 28 heavy (non-hydrogen) atoms. The van der Waals surface area contributed by atoms with Crippen LogP contribution in [0.4, 0.5) is 4.39 Å². The first-order chi connectivity index (χ1) is 13.7. The fraction of sp³-hybridized carbons (Fsp3) is 0.440. The molecule has 1 saturated carbocycles. The van der Waals surface area contributed by atoms with Crippen molar-refractivity contribution in [2.24, 2.45) is 28.0 Å². The highest BCUT2D eigenvalue weighted by atomic mass is 19.1. The summed E-state index contributed by atoms with van der Waals surface area (Å²) in [5.41, 5.74) is 3.10. The van der Waals surface area contributed by atoms with Crippen LogP contribution in [-0.4, -0.2) is 11.9 Å². The Kier molecular flexibility index (Phi) is 7.53. The Hall–Kier alpha value is -2.29. The third-order valence-corrected chi connectivity index (χ3v) is 6.02. The van der Waals surface area contributed by atoms with Crippen LogP contribution in [0, 0.1) is 23.6 Å². The Labute approximate surface area is 168 Å². The Morgan fingerprint density at radius 2 is 1.71 bits per heavy atom. The van der Waals surface area contributed by atoms with Crippen molar-refractivity contribution >= 4 is 11.9 Å². The lowest BCUT2D eigenvalue weighted by atomic mass is 9.73. The van der Waals surface area contributed by atoms with Crippen molar-refractivity contribution in [3.05, 3.63) is 71.5 Å². The number of nitrogens with zero attached hydrogens (tertiary/aromatic N) is 2. The Morgan fingerprint density at radius 1 is 1.04 bits per heavy atom. The topological polar surface area (TPSA) is 24.7 Å². The molecule has 0 bridgehead atoms. The molecule has 2 aromatic rings. The van der Waals surface area contributed by atoms with Crippen LogP contribution in [0.3, 0.4) is 0 Å². The summed E-state index contributed by atoms with van der Waals surface area (Å²) in [6.45, 7) is 4.69. The third-order valence-electron chi connectivity index (χ3n) is 6.02. The van der Waals surface area contributed by atoms with Gasteiger partial charge in [0.25, 0.3) is 0 Å². The highest BCUT2D eigenvalue weighted by Gasteiger charge is 2.28. The molecule has 148 valence electrons. The highest BCUT2D eigenvalue weighted by Crippen LogP contribution is 2.36. The quantitative estimate of drug-likeness (QED) is 0.370. The van der Waals surface area contributed by atoms with E-state index in [0.29, 0.717) is 5.92 Å². The summed E-state index contributed by atoms with van der Waals surface area (Å²) in [6, 6.07) is 16.7. The summed E-state index contributed by atoms with van der Waals surface area (Å²) in [6.07, 6.45) is 9.22. The van der Waals surface area contributed by atoms with E-state index in [1.54, 1.807) is 18.3 Å². The van der Waals surface area contributed by atoms with Gasteiger partial charge in [-0.2, -0.15) is 10.2 Å². The summed E-state index contributed by atoms with van der Waals surface area (Å²) in [5, 5.41) is 8.98. The van der Waals surface area contributed by atoms with Gasteiger partial charge in [-0.05, 0) is 60.8 Å². The molecule has 0 saturated heterocycles. The number of rotatable bonds is 7. The Balaban J connectivity index is 1.74. The number of halogens is 1. The molecule has 0 amide bonds. The fourth-order valence-corrected chi connectivity index (χ4v) is 4.34. The van der Waals surface area contributed by atoms with E-state index in [0.717, 1.165) is 28.7 Å². The van der Waals surface area contributed by atoms with Crippen molar-refractivity contribution in [3.8, 4) is 0 Å². The third kappa shape index (κ3) is 5.60. The van der Waals surface area contributed by atoms with Crippen molar-refractivity contribution in [2.75, 3.05) is 0 Å². The van der Waals surface area contributed by atoms with E-state index >= 15 is 0 Å². The number of hydrogen-bond acceptors (Lipinski definition) is 2. The SMILES string of the molecule is CCCC(C)[C@H]1CC[C@H](C(=NN=Cc2ccc(F)cc2)c2ccccc2)CC1. The lowest BCUT2D eigenvalue weighted by Gasteiger charge is -2.32. The monoisotopic (exact) mass is 378 g/mol. The van der Waals surface area contributed by atoms with Gasteiger partial charge >= 0.3 is 0 Å². The molecule has 0 radical (unpaired) electrons. The maximum Gasteiger partial charge on any atom is 0.123 e. The predicted octanol–water partition coefficient (Wildman–Crippen LogP) is 6.89. The molecule has 1 aliphatic rings. The molecule has 1 atom stereocenters. The Bertz CT molecular complexity index is 772. The minimum atomic E-state index is -0.236. The predicted molar refractivity (Wildman–Crippen MR) is 116 cm³/mol. The zero-order valence-electron chi connectivity index (χ0n) is 17.0. The van der Waals surface area contributed by atoms with Gasteiger partial charge in [0.15, 0.2) is 0 Å². The van der Waals surface area contributed by atoms with Crippen molar-refractivity contribution in [3.63, 3.8) is 0 Å². The molecular weight excluding hydrogens is 347 g/mol. The van der Waals surface area contributed by atoms with E-state index in [2.05, 4.69) is 48.3 Å². The van der Waals surface area contributed by atoms with E-state index in [1.807, 2.05) is 6.07 Å². The normalized spacial score (nSPS) is 21.8. The molecule has 1 unspecified atom stereocenters. The van der Waals surface area contributed by atoms with Crippen LogP contribution in [-0.2, 0) is 0 Å². The number of hydrogen-bond donors (Lipinski definition) is 0. The second-order valence-electron chi connectivity index (χ2n) is 8.03. The van der Waals surface area contributed by atoms with Crippen LogP contribution >= 0.6 is 0 Å². The molecule has 0 heterocycles. The average Bonchev–Trinajstić information content (AvgIpc) is 2.73. The molecule has 1 aliphatic carbocycles. The van der Waals surface area contributed by atoms with Gasteiger partial charge in [0.05, 0.1) is 11.9 Å². The van der Waals surface area contributed by atoms with E-state index in [-0.39, 0.29) is 5.82 Å². The summed E-state index contributed by atoms with van der Waals surface area (Å²) < 4.78 is 13.1. The smallest absolute Gasteiger partial charge is 0.123 e. The molecule has 1 fully saturated rings. The molecule has 2 aromatic carbocycles. The minimum Gasteiger partial charge on any atom is -0.207 e. The molecule has 0 aromatic heterocycles. The van der Waals surface area contributed by atoms with Crippen LogP contribution in [0.5, 0.6) is 0 Å². The fourth-order valence-electron chi connectivity index (χ4n) is 4.34. The zero-order chi connectivity index (χ0) is 19.8. The first kappa shape index (κ1) is 20.4.